The van der Waals surface area contributed by atoms with Crippen LogP contribution in [0.3, 0.4) is 0 Å². The lowest BCUT2D eigenvalue weighted by molar-refractivity contribution is -0.174. The molecule has 1 aromatic carbocycles. The highest BCUT2D eigenvalue weighted by molar-refractivity contribution is 5.76. The molecule has 2 N–H and O–H groups in total. The van der Waals surface area contributed by atoms with Crippen LogP contribution in [0.4, 0.5) is 0 Å². The monoisotopic (exact) mass is 521 g/mol. The molecule has 0 bridgehead atoms. The van der Waals surface area contributed by atoms with Crippen LogP contribution in [-0.4, -0.2) is 39.8 Å². The van der Waals surface area contributed by atoms with E-state index in [9.17, 15) is 15.0 Å². The number of carbonyl (C=O) groups is 1. The maximum Gasteiger partial charge on any atom is 0.222 e. The zero-order valence-electron chi connectivity index (χ0n) is 24.3. The molecule has 0 spiro atoms. The van der Waals surface area contributed by atoms with Crippen LogP contribution < -0.4 is 0 Å². The summed E-state index contributed by atoms with van der Waals surface area (Å²) < 4.78 is 0. The number of aryl methyl sites for hydroxylation is 1. The number of rotatable bonds is 4. The van der Waals surface area contributed by atoms with E-state index in [1.54, 1.807) is 0 Å². The number of aliphatic hydroxyl groups is 2. The Morgan fingerprint density at radius 2 is 1.79 bits per heavy atom. The largest absolute Gasteiger partial charge is 0.393 e. The predicted molar refractivity (Wildman–Crippen MR) is 151 cm³/mol. The van der Waals surface area contributed by atoms with Crippen molar-refractivity contribution in [3.8, 4) is 0 Å². The summed E-state index contributed by atoms with van der Waals surface area (Å²) in [6.07, 6.45) is 11.0. The molecule has 6 rings (SSSR count). The number of fused-ring (bicyclic) bond motifs is 6. The molecule has 4 heteroatoms. The molecule has 4 aliphatic carbocycles. The van der Waals surface area contributed by atoms with Gasteiger partial charge in [0.2, 0.25) is 5.91 Å². The molecule has 5 aliphatic rings. The van der Waals surface area contributed by atoms with Crippen LogP contribution in [0, 0.1) is 53.3 Å². The Kier molecular flexibility index (Phi) is 6.99. The number of hydrogen-bond donors (Lipinski definition) is 2. The molecule has 4 fully saturated rings. The van der Waals surface area contributed by atoms with Gasteiger partial charge in [-0.1, -0.05) is 44.5 Å². The first-order valence-electron chi connectivity index (χ1n) is 15.8. The van der Waals surface area contributed by atoms with Crippen molar-refractivity contribution in [1.82, 2.24) is 4.90 Å². The number of nitrogens with zero attached hydrogens (tertiary/aromatic N) is 1. The third-order valence-electron chi connectivity index (χ3n) is 13.0. The lowest BCUT2D eigenvalue weighted by Crippen LogP contribution is -2.58. The van der Waals surface area contributed by atoms with Crippen LogP contribution >= 0.6 is 0 Å². The average molecular weight is 522 g/mol. The second-order valence-electron chi connectivity index (χ2n) is 14.8. The maximum absolute atomic E-state index is 13.3. The summed E-state index contributed by atoms with van der Waals surface area (Å²) in [6, 6.07) is 6.66. The Balaban J connectivity index is 1.10. The van der Waals surface area contributed by atoms with Gasteiger partial charge in [0.25, 0.3) is 0 Å². The van der Waals surface area contributed by atoms with Crippen molar-refractivity contribution < 1.29 is 15.0 Å². The molecule has 210 valence electrons. The summed E-state index contributed by atoms with van der Waals surface area (Å²) in [5, 5.41) is 21.9. The van der Waals surface area contributed by atoms with Crippen molar-refractivity contribution >= 4 is 5.91 Å². The Hall–Kier alpha value is -1.39. The summed E-state index contributed by atoms with van der Waals surface area (Å²) in [6.45, 7) is 11.2. The van der Waals surface area contributed by atoms with E-state index in [0.717, 1.165) is 51.6 Å². The highest BCUT2D eigenvalue weighted by atomic mass is 16.3. The fraction of sp³-hybridized carbons (Fsp3) is 0.794. The van der Waals surface area contributed by atoms with Gasteiger partial charge in [0.15, 0.2) is 0 Å². The van der Waals surface area contributed by atoms with E-state index in [0.29, 0.717) is 47.8 Å². The highest BCUT2D eigenvalue weighted by Crippen LogP contribution is 2.68. The van der Waals surface area contributed by atoms with Crippen molar-refractivity contribution in [2.45, 2.75) is 117 Å². The van der Waals surface area contributed by atoms with Crippen LogP contribution in [0.25, 0.3) is 0 Å². The summed E-state index contributed by atoms with van der Waals surface area (Å²) in [7, 11) is 0. The normalized spacial score (nSPS) is 43.0. The van der Waals surface area contributed by atoms with Gasteiger partial charge >= 0.3 is 0 Å². The molecular weight excluding hydrogens is 470 g/mol. The third-order valence-corrected chi connectivity index (χ3v) is 13.0. The van der Waals surface area contributed by atoms with E-state index in [-0.39, 0.29) is 23.0 Å². The molecule has 0 saturated heterocycles. The molecule has 1 amide bonds. The Morgan fingerprint density at radius 3 is 2.61 bits per heavy atom. The first-order valence-corrected chi connectivity index (χ1v) is 15.8. The van der Waals surface area contributed by atoms with Gasteiger partial charge in [0, 0.05) is 19.5 Å². The first-order chi connectivity index (χ1) is 18.1. The van der Waals surface area contributed by atoms with Gasteiger partial charge in [-0.3, -0.25) is 4.79 Å². The molecule has 1 aromatic rings. The topological polar surface area (TPSA) is 60.8 Å². The second-order valence-corrected chi connectivity index (χ2v) is 14.8. The van der Waals surface area contributed by atoms with Gasteiger partial charge in [-0.2, -0.15) is 0 Å². The fourth-order valence-electron chi connectivity index (χ4n) is 10.8. The molecule has 1 aliphatic heterocycles. The average Bonchev–Trinajstić information content (AvgIpc) is 3.25. The third kappa shape index (κ3) is 4.37. The van der Waals surface area contributed by atoms with Gasteiger partial charge < -0.3 is 15.1 Å². The lowest BCUT2D eigenvalue weighted by atomic mass is 9.43. The number of carbonyl (C=O) groups excluding carboxylic acids is 1. The smallest absolute Gasteiger partial charge is 0.222 e. The minimum absolute atomic E-state index is 0.172. The predicted octanol–water partition coefficient (Wildman–Crippen LogP) is 6.29. The van der Waals surface area contributed by atoms with E-state index in [1.807, 2.05) is 0 Å². The van der Waals surface area contributed by atoms with Crippen LogP contribution in [0.2, 0.25) is 0 Å². The van der Waals surface area contributed by atoms with E-state index in [2.05, 4.69) is 50.8 Å². The molecule has 4 nitrogen and oxygen atoms in total. The standard InChI is InChI=1S/C34H51NO3/c1-21-5-7-24-20-35(16-13-23(24)17-21)31(38)10-6-22(2)27-8-9-28-32-29(12-15-34(27,28)4)33(3)14-11-26(36)18-25(33)19-30(32)37/h5,7,17,22,25-30,32,36-37H,6,8-16,18-20H2,1-4H3/t22-,25+,26-,27-,28+,29+,30+,32+,33+,34-/m1/s1. The number of amides is 1. The van der Waals surface area contributed by atoms with Crippen LogP contribution in [0.5, 0.6) is 0 Å². The quantitative estimate of drug-likeness (QED) is 0.490. The van der Waals surface area contributed by atoms with Gasteiger partial charge in [0.1, 0.15) is 0 Å². The minimum atomic E-state index is -0.214. The van der Waals surface area contributed by atoms with Crippen molar-refractivity contribution in [3.63, 3.8) is 0 Å². The van der Waals surface area contributed by atoms with Gasteiger partial charge in [-0.25, -0.2) is 0 Å². The Morgan fingerprint density at radius 1 is 1.03 bits per heavy atom. The van der Waals surface area contributed by atoms with Gasteiger partial charge in [-0.05, 0) is 129 Å². The Labute approximate surface area is 230 Å². The molecule has 4 saturated carbocycles. The van der Waals surface area contributed by atoms with E-state index < -0.39 is 0 Å². The SMILES string of the molecule is Cc1ccc2c(c1)CCN(C(=O)CC[C@@H](C)[C@H]1CC[C@H]3[C@@H]4[C@@H](O)C[C@@H]5C[C@H](O)CC[C@]5(C)[C@H]4CC[C@]13C)C2. The summed E-state index contributed by atoms with van der Waals surface area (Å²) >= 11 is 0. The summed E-state index contributed by atoms with van der Waals surface area (Å²) in [5.41, 5.74) is 4.61. The molecule has 10 atom stereocenters. The van der Waals surface area contributed by atoms with Crippen molar-refractivity contribution in [2.24, 2.45) is 46.3 Å². The molecule has 0 radical (unpaired) electrons. The van der Waals surface area contributed by atoms with Gasteiger partial charge in [-0.15, -0.1) is 0 Å². The van der Waals surface area contributed by atoms with Crippen molar-refractivity contribution in [2.75, 3.05) is 6.54 Å². The number of aliphatic hydroxyl groups excluding tert-OH is 2. The second kappa shape index (κ2) is 9.91. The summed E-state index contributed by atoms with van der Waals surface area (Å²) in [5.74, 6) is 3.61. The fourth-order valence-corrected chi connectivity index (χ4v) is 10.8. The van der Waals surface area contributed by atoms with Crippen molar-refractivity contribution in [3.05, 3.63) is 34.9 Å². The van der Waals surface area contributed by atoms with Crippen LogP contribution in [0.1, 0.15) is 102 Å². The highest BCUT2D eigenvalue weighted by Gasteiger charge is 2.62. The van der Waals surface area contributed by atoms with Gasteiger partial charge in [0.05, 0.1) is 12.2 Å². The molecule has 0 aromatic heterocycles. The zero-order valence-corrected chi connectivity index (χ0v) is 24.3. The molecule has 1 heterocycles. The molecular formula is C34H51NO3. The Bertz CT molecular complexity index is 1050. The number of benzene rings is 1. The first kappa shape index (κ1) is 26.8. The maximum atomic E-state index is 13.3. The zero-order chi connectivity index (χ0) is 26.8. The molecule has 0 unspecified atom stereocenters. The lowest BCUT2D eigenvalue weighted by Gasteiger charge is -2.62. The van der Waals surface area contributed by atoms with E-state index >= 15 is 0 Å². The minimum Gasteiger partial charge on any atom is -0.393 e. The number of hydrogen-bond acceptors (Lipinski definition) is 3. The summed E-state index contributed by atoms with van der Waals surface area (Å²) in [4.78, 5) is 15.3. The molecule has 38 heavy (non-hydrogen) atoms. The van der Waals surface area contributed by atoms with E-state index in [1.165, 1.54) is 42.4 Å². The van der Waals surface area contributed by atoms with Crippen LogP contribution in [0.15, 0.2) is 18.2 Å². The van der Waals surface area contributed by atoms with E-state index in [4.69, 9.17) is 0 Å². The van der Waals surface area contributed by atoms with Crippen molar-refractivity contribution in [1.29, 1.82) is 0 Å². The van der Waals surface area contributed by atoms with Crippen LogP contribution in [-0.2, 0) is 17.8 Å².